The molecule has 0 fully saturated rings. The highest BCUT2D eigenvalue weighted by molar-refractivity contribution is 5.97. The average Bonchev–Trinajstić information content (AvgIpc) is 2.58. The Balaban J connectivity index is 2.08. The third-order valence-corrected chi connectivity index (χ3v) is 4.15. The van der Waals surface area contributed by atoms with Gasteiger partial charge in [0.05, 0.1) is 6.04 Å². The lowest BCUT2D eigenvalue weighted by Gasteiger charge is -2.31. The zero-order valence-electron chi connectivity index (χ0n) is 15.5. The van der Waals surface area contributed by atoms with Gasteiger partial charge in [-0.1, -0.05) is 45.0 Å². The zero-order valence-corrected chi connectivity index (χ0v) is 15.5. The van der Waals surface area contributed by atoms with Crippen LogP contribution in [-0.4, -0.2) is 24.3 Å². The summed E-state index contributed by atoms with van der Waals surface area (Å²) in [6.07, 6.45) is 0. The van der Waals surface area contributed by atoms with Crippen molar-refractivity contribution < 1.29 is 18.7 Å². The topological polar surface area (TPSA) is 55.4 Å². The quantitative estimate of drug-likeness (QED) is 0.786. The minimum atomic E-state index is -0.439. The highest BCUT2D eigenvalue weighted by Crippen LogP contribution is 2.22. The van der Waals surface area contributed by atoms with Gasteiger partial charge in [0.2, 0.25) is 0 Å². The summed E-state index contributed by atoms with van der Waals surface area (Å²) in [5, 5.41) is 2.94. The van der Waals surface area contributed by atoms with Gasteiger partial charge in [0, 0.05) is 11.1 Å². The summed E-state index contributed by atoms with van der Waals surface area (Å²) >= 11 is 0. The van der Waals surface area contributed by atoms with Crippen molar-refractivity contribution in [2.24, 2.45) is 5.41 Å². The van der Waals surface area contributed by atoms with E-state index in [1.807, 2.05) is 20.8 Å². The van der Waals surface area contributed by atoms with Crippen LogP contribution in [0.4, 0.5) is 4.39 Å². The van der Waals surface area contributed by atoms with Gasteiger partial charge in [0.25, 0.3) is 5.91 Å². The van der Waals surface area contributed by atoms with Crippen LogP contribution in [0.3, 0.4) is 0 Å². The fourth-order valence-electron chi connectivity index (χ4n) is 2.34. The van der Waals surface area contributed by atoms with E-state index in [9.17, 15) is 14.0 Å². The summed E-state index contributed by atoms with van der Waals surface area (Å²) in [4.78, 5) is 23.9. The highest BCUT2D eigenvalue weighted by Gasteiger charge is 2.27. The summed E-state index contributed by atoms with van der Waals surface area (Å²) in [5.41, 5.74) is 0.715. The second-order valence-electron chi connectivity index (χ2n) is 7.27. The number of benzene rings is 2. The van der Waals surface area contributed by atoms with Gasteiger partial charge in [-0.05, 0) is 36.6 Å². The van der Waals surface area contributed by atoms with E-state index in [0.29, 0.717) is 11.1 Å². The maximum Gasteiger partial charge on any atom is 0.251 e. The molecule has 1 atom stereocenters. The first-order valence-corrected chi connectivity index (χ1v) is 8.47. The second kappa shape index (κ2) is 8.13. The van der Waals surface area contributed by atoms with Gasteiger partial charge in [-0.25, -0.2) is 4.39 Å². The lowest BCUT2D eigenvalue weighted by Crippen LogP contribution is -2.47. The molecule has 2 aromatic carbocycles. The molecule has 1 unspecified atom stereocenters. The molecular formula is C21H24FNO3. The lowest BCUT2D eigenvalue weighted by atomic mass is 9.87. The molecule has 0 spiro atoms. The van der Waals surface area contributed by atoms with Crippen molar-refractivity contribution in [3.63, 3.8) is 0 Å². The molecule has 26 heavy (non-hydrogen) atoms. The van der Waals surface area contributed by atoms with E-state index < -0.39 is 5.82 Å². The SMILES string of the molecule is CC(=O)c1ccc(C(=O)NC(COc2ccccc2F)C(C)(C)C)cc1. The minimum absolute atomic E-state index is 0.0530. The number of carbonyl (C=O) groups excluding carboxylic acids is 2. The van der Waals surface area contributed by atoms with Crippen molar-refractivity contribution in [3.05, 3.63) is 65.5 Å². The Hall–Kier alpha value is -2.69. The maximum atomic E-state index is 13.7. The van der Waals surface area contributed by atoms with Gasteiger partial charge in [-0.15, -0.1) is 0 Å². The molecular weight excluding hydrogens is 333 g/mol. The molecule has 1 N–H and O–H groups in total. The minimum Gasteiger partial charge on any atom is -0.488 e. The number of ketones is 1. The number of hydrogen-bond acceptors (Lipinski definition) is 3. The van der Waals surface area contributed by atoms with Crippen molar-refractivity contribution >= 4 is 11.7 Å². The Morgan fingerprint density at radius 2 is 1.62 bits per heavy atom. The number of hydrogen-bond donors (Lipinski definition) is 1. The van der Waals surface area contributed by atoms with Crippen molar-refractivity contribution in [2.45, 2.75) is 33.7 Å². The number of rotatable bonds is 6. The van der Waals surface area contributed by atoms with Crippen LogP contribution in [0.5, 0.6) is 5.75 Å². The first kappa shape index (κ1) is 19.6. The van der Waals surface area contributed by atoms with Gasteiger partial charge < -0.3 is 10.1 Å². The molecule has 0 aliphatic heterocycles. The predicted molar refractivity (Wildman–Crippen MR) is 99.1 cm³/mol. The molecule has 0 aromatic heterocycles. The molecule has 0 aliphatic rings. The van der Waals surface area contributed by atoms with Crippen LogP contribution in [0.1, 0.15) is 48.4 Å². The molecule has 138 valence electrons. The Morgan fingerprint density at radius 3 is 2.15 bits per heavy atom. The molecule has 4 nitrogen and oxygen atoms in total. The number of para-hydroxylation sites is 1. The van der Waals surface area contributed by atoms with E-state index in [-0.39, 0.29) is 35.5 Å². The van der Waals surface area contributed by atoms with Crippen molar-refractivity contribution in [3.8, 4) is 5.75 Å². The summed E-state index contributed by atoms with van der Waals surface area (Å²) in [5.74, 6) is -0.604. The van der Waals surface area contributed by atoms with Crippen LogP contribution >= 0.6 is 0 Å². The van der Waals surface area contributed by atoms with Gasteiger partial charge in [0.15, 0.2) is 17.3 Å². The molecule has 0 saturated heterocycles. The number of halogens is 1. The number of ether oxygens (including phenoxy) is 1. The van der Waals surface area contributed by atoms with Crippen LogP contribution in [0.25, 0.3) is 0 Å². The van der Waals surface area contributed by atoms with E-state index in [4.69, 9.17) is 4.74 Å². The third-order valence-electron chi connectivity index (χ3n) is 4.15. The summed E-state index contributed by atoms with van der Waals surface area (Å²) in [6, 6.07) is 12.3. The van der Waals surface area contributed by atoms with Crippen LogP contribution < -0.4 is 10.1 Å². The predicted octanol–water partition coefficient (Wildman–Crippen LogP) is 4.25. The summed E-state index contributed by atoms with van der Waals surface area (Å²) in [6.45, 7) is 7.54. The standard InChI is InChI=1S/C21H24FNO3/c1-14(24)15-9-11-16(12-10-15)20(25)23-19(21(2,3)4)13-26-18-8-6-5-7-17(18)22/h5-12,19H,13H2,1-4H3,(H,23,25). The fraction of sp³-hybridized carbons (Fsp3) is 0.333. The smallest absolute Gasteiger partial charge is 0.251 e. The zero-order chi connectivity index (χ0) is 19.3. The molecule has 5 heteroatoms. The fourth-order valence-corrected chi connectivity index (χ4v) is 2.34. The molecule has 0 radical (unpaired) electrons. The Kier molecular flexibility index (Phi) is 6.14. The Bertz CT molecular complexity index is 779. The van der Waals surface area contributed by atoms with E-state index >= 15 is 0 Å². The molecule has 0 aliphatic carbocycles. The van der Waals surface area contributed by atoms with Crippen LogP contribution in [0, 0.1) is 11.2 Å². The van der Waals surface area contributed by atoms with Crippen LogP contribution in [0.15, 0.2) is 48.5 Å². The van der Waals surface area contributed by atoms with Gasteiger partial charge in [-0.2, -0.15) is 0 Å². The van der Waals surface area contributed by atoms with Gasteiger partial charge in [0.1, 0.15) is 6.61 Å². The molecule has 2 aromatic rings. The molecule has 1 amide bonds. The average molecular weight is 357 g/mol. The lowest BCUT2D eigenvalue weighted by molar-refractivity contribution is 0.0859. The second-order valence-corrected chi connectivity index (χ2v) is 7.27. The molecule has 2 rings (SSSR count). The Morgan fingerprint density at radius 1 is 1.04 bits per heavy atom. The van der Waals surface area contributed by atoms with E-state index in [1.54, 1.807) is 42.5 Å². The molecule has 0 bridgehead atoms. The Labute approximate surface area is 153 Å². The van der Waals surface area contributed by atoms with Crippen molar-refractivity contribution in [2.75, 3.05) is 6.61 Å². The number of amides is 1. The molecule has 0 saturated carbocycles. The first-order chi connectivity index (χ1) is 12.2. The van der Waals surface area contributed by atoms with E-state index in [0.717, 1.165) is 0 Å². The summed E-state index contributed by atoms with van der Waals surface area (Å²) in [7, 11) is 0. The molecule has 0 heterocycles. The van der Waals surface area contributed by atoms with Crippen molar-refractivity contribution in [1.82, 2.24) is 5.32 Å². The highest BCUT2D eigenvalue weighted by atomic mass is 19.1. The van der Waals surface area contributed by atoms with E-state index in [2.05, 4.69) is 5.32 Å². The third kappa shape index (κ3) is 5.15. The van der Waals surface area contributed by atoms with Gasteiger partial charge >= 0.3 is 0 Å². The van der Waals surface area contributed by atoms with E-state index in [1.165, 1.54) is 13.0 Å². The summed E-state index contributed by atoms with van der Waals surface area (Å²) < 4.78 is 19.3. The maximum absolute atomic E-state index is 13.7. The number of carbonyl (C=O) groups is 2. The number of Topliss-reactive ketones (excluding diaryl/α,β-unsaturated/α-hetero) is 1. The van der Waals surface area contributed by atoms with Crippen molar-refractivity contribution in [1.29, 1.82) is 0 Å². The van der Waals surface area contributed by atoms with Gasteiger partial charge in [-0.3, -0.25) is 9.59 Å². The largest absolute Gasteiger partial charge is 0.488 e. The number of nitrogens with one attached hydrogen (secondary N) is 1. The normalized spacial score (nSPS) is 12.3. The first-order valence-electron chi connectivity index (χ1n) is 8.47. The van der Waals surface area contributed by atoms with Crippen LogP contribution in [-0.2, 0) is 0 Å². The van der Waals surface area contributed by atoms with Crippen LogP contribution in [0.2, 0.25) is 0 Å². The monoisotopic (exact) mass is 357 g/mol.